The molecule has 0 aliphatic carbocycles. The van der Waals surface area contributed by atoms with Crippen LogP contribution < -0.4 is 5.56 Å². The van der Waals surface area contributed by atoms with Crippen LogP contribution >= 0.6 is 33.9 Å². The molecule has 0 bridgehead atoms. The highest BCUT2D eigenvalue weighted by Gasteiger charge is 2.10. The van der Waals surface area contributed by atoms with Gasteiger partial charge in [0.05, 0.1) is 19.5 Å². The number of aromatic amines is 1. The zero-order chi connectivity index (χ0) is 13.4. The van der Waals surface area contributed by atoms with Crippen molar-refractivity contribution in [3.8, 4) is 11.4 Å². The van der Waals surface area contributed by atoms with Gasteiger partial charge in [0.15, 0.2) is 0 Å². The highest BCUT2D eigenvalue weighted by Crippen LogP contribution is 2.23. The third-order valence-electron chi connectivity index (χ3n) is 2.84. The molecular weight excluding hydrogens is 373 g/mol. The molecule has 0 saturated carbocycles. The Labute approximate surface area is 127 Å². The number of aryl methyl sites for hydroxylation is 1. The largest absolute Gasteiger partial charge is 0.306 e. The molecule has 19 heavy (non-hydrogen) atoms. The molecule has 6 heteroatoms. The number of fused-ring (bicyclic) bond motifs is 1. The van der Waals surface area contributed by atoms with Gasteiger partial charge in [-0.3, -0.25) is 9.78 Å². The first-order chi connectivity index (χ1) is 9.19. The van der Waals surface area contributed by atoms with Crippen LogP contribution in [0.15, 0.2) is 28.5 Å². The molecule has 3 aromatic heterocycles. The van der Waals surface area contributed by atoms with Crippen molar-refractivity contribution < 1.29 is 0 Å². The van der Waals surface area contributed by atoms with Gasteiger partial charge in [-0.1, -0.05) is 6.92 Å². The van der Waals surface area contributed by atoms with E-state index < -0.39 is 0 Å². The minimum Gasteiger partial charge on any atom is -0.306 e. The van der Waals surface area contributed by atoms with Crippen LogP contribution in [0.25, 0.3) is 21.6 Å². The van der Waals surface area contributed by atoms with Crippen LogP contribution in [-0.4, -0.2) is 15.0 Å². The molecule has 0 radical (unpaired) electrons. The fraction of sp³-hybridized carbons (Fsp3) is 0.154. The molecule has 0 aromatic carbocycles. The summed E-state index contributed by atoms with van der Waals surface area (Å²) in [7, 11) is 0. The molecule has 3 rings (SSSR count). The smallest absolute Gasteiger partial charge is 0.264 e. The van der Waals surface area contributed by atoms with E-state index in [-0.39, 0.29) is 5.56 Å². The molecule has 1 N–H and O–H groups in total. The van der Waals surface area contributed by atoms with Gasteiger partial charge in [0.1, 0.15) is 5.82 Å². The van der Waals surface area contributed by atoms with Crippen molar-refractivity contribution in [1.29, 1.82) is 0 Å². The molecule has 0 aliphatic rings. The highest BCUT2D eigenvalue weighted by molar-refractivity contribution is 14.1. The van der Waals surface area contributed by atoms with Crippen molar-refractivity contribution >= 4 is 44.1 Å². The normalized spacial score (nSPS) is 11.1. The summed E-state index contributed by atoms with van der Waals surface area (Å²) < 4.78 is 1.76. The number of rotatable bonds is 2. The molecule has 3 heterocycles. The number of H-pyrrole nitrogens is 1. The topological polar surface area (TPSA) is 58.6 Å². The van der Waals surface area contributed by atoms with Crippen molar-refractivity contribution in [3.63, 3.8) is 0 Å². The summed E-state index contributed by atoms with van der Waals surface area (Å²) >= 11 is 3.66. The van der Waals surface area contributed by atoms with Gasteiger partial charge < -0.3 is 4.98 Å². The second-order valence-corrected chi connectivity index (χ2v) is 6.08. The van der Waals surface area contributed by atoms with E-state index in [0.29, 0.717) is 9.39 Å². The Morgan fingerprint density at radius 3 is 3.11 bits per heavy atom. The van der Waals surface area contributed by atoms with Gasteiger partial charge in [-0.2, -0.15) is 0 Å². The van der Waals surface area contributed by atoms with E-state index in [1.54, 1.807) is 17.5 Å². The van der Waals surface area contributed by atoms with E-state index in [0.717, 1.165) is 27.9 Å². The summed E-state index contributed by atoms with van der Waals surface area (Å²) in [4.78, 5) is 23.6. The van der Waals surface area contributed by atoms with Gasteiger partial charge in [-0.25, -0.2) is 4.98 Å². The number of aromatic nitrogens is 3. The minimum absolute atomic E-state index is 0.0891. The number of pyridine rings is 1. The van der Waals surface area contributed by atoms with E-state index in [1.165, 1.54) is 0 Å². The Morgan fingerprint density at radius 1 is 1.47 bits per heavy atom. The second kappa shape index (κ2) is 5.01. The van der Waals surface area contributed by atoms with Crippen molar-refractivity contribution in [2.75, 3.05) is 0 Å². The maximum Gasteiger partial charge on any atom is 0.264 e. The second-order valence-electron chi connectivity index (χ2n) is 4.06. The van der Waals surface area contributed by atoms with E-state index in [4.69, 9.17) is 0 Å². The van der Waals surface area contributed by atoms with Gasteiger partial charge in [0.2, 0.25) is 0 Å². The zero-order valence-electron chi connectivity index (χ0n) is 10.1. The van der Waals surface area contributed by atoms with Crippen molar-refractivity contribution in [1.82, 2.24) is 15.0 Å². The fourth-order valence-corrected chi connectivity index (χ4v) is 3.27. The van der Waals surface area contributed by atoms with Crippen molar-refractivity contribution in [2.45, 2.75) is 13.3 Å². The summed E-state index contributed by atoms with van der Waals surface area (Å²) in [6, 6.07) is 3.99. The summed E-state index contributed by atoms with van der Waals surface area (Å²) in [6.07, 6.45) is 2.49. The molecule has 0 amide bonds. The number of hydrogen-bond donors (Lipinski definition) is 1. The van der Waals surface area contributed by atoms with Crippen molar-refractivity contribution in [3.05, 3.63) is 43.3 Å². The van der Waals surface area contributed by atoms with Gasteiger partial charge >= 0.3 is 0 Å². The SMILES string of the molecule is CCc1nc(-c2cnc3ccsc3c2)[nH]c(=O)c1I. The van der Waals surface area contributed by atoms with Crippen LogP contribution in [0.4, 0.5) is 0 Å². The van der Waals surface area contributed by atoms with Crippen LogP contribution in [0.1, 0.15) is 12.6 Å². The zero-order valence-corrected chi connectivity index (χ0v) is 13.1. The Bertz CT molecular complexity index is 809. The standard InChI is InChI=1S/C13H10IN3OS/c1-2-8-11(14)13(18)17-12(16-8)7-5-10-9(15-6-7)3-4-19-10/h3-6H,2H2,1H3,(H,16,17,18). The summed E-state index contributed by atoms with van der Waals surface area (Å²) in [6.45, 7) is 1.99. The van der Waals surface area contributed by atoms with Crippen LogP contribution in [0, 0.1) is 3.57 Å². The Balaban J connectivity index is 2.20. The van der Waals surface area contributed by atoms with E-state index in [2.05, 4.69) is 15.0 Å². The molecule has 0 unspecified atom stereocenters. The highest BCUT2D eigenvalue weighted by atomic mass is 127. The lowest BCUT2D eigenvalue weighted by atomic mass is 10.2. The van der Waals surface area contributed by atoms with Crippen LogP contribution in [-0.2, 0) is 6.42 Å². The van der Waals surface area contributed by atoms with E-state index in [9.17, 15) is 4.79 Å². The third kappa shape index (κ3) is 2.30. The Morgan fingerprint density at radius 2 is 2.32 bits per heavy atom. The maximum atomic E-state index is 11.9. The van der Waals surface area contributed by atoms with Gasteiger partial charge in [0, 0.05) is 11.8 Å². The van der Waals surface area contributed by atoms with Crippen LogP contribution in [0.5, 0.6) is 0 Å². The number of nitrogens with one attached hydrogen (secondary N) is 1. The van der Waals surface area contributed by atoms with E-state index >= 15 is 0 Å². The number of hydrogen-bond acceptors (Lipinski definition) is 4. The van der Waals surface area contributed by atoms with Crippen LogP contribution in [0.2, 0.25) is 0 Å². The van der Waals surface area contributed by atoms with E-state index in [1.807, 2.05) is 47.0 Å². The number of halogens is 1. The lowest BCUT2D eigenvalue weighted by Crippen LogP contribution is -2.16. The van der Waals surface area contributed by atoms with Gasteiger partial charge in [0.25, 0.3) is 5.56 Å². The lowest BCUT2D eigenvalue weighted by molar-refractivity contribution is 0.968. The molecule has 0 spiro atoms. The average molecular weight is 383 g/mol. The molecule has 4 nitrogen and oxygen atoms in total. The monoisotopic (exact) mass is 383 g/mol. The fourth-order valence-electron chi connectivity index (χ4n) is 1.85. The first-order valence-electron chi connectivity index (χ1n) is 5.81. The average Bonchev–Trinajstić information content (AvgIpc) is 2.89. The number of nitrogens with zero attached hydrogens (tertiary/aromatic N) is 2. The molecule has 0 atom stereocenters. The number of thiophene rings is 1. The third-order valence-corrected chi connectivity index (χ3v) is 4.81. The predicted octanol–water partition coefficient (Wildman–Crippen LogP) is 3.21. The lowest BCUT2D eigenvalue weighted by Gasteiger charge is -2.05. The Kier molecular flexibility index (Phi) is 3.36. The first-order valence-corrected chi connectivity index (χ1v) is 7.77. The summed E-state index contributed by atoms with van der Waals surface area (Å²) in [5.41, 5.74) is 2.55. The molecule has 0 fully saturated rings. The Hall–Kier alpha value is -1.28. The summed E-state index contributed by atoms with van der Waals surface area (Å²) in [5.74, 6) is 0.588. The van der Waals surface area contributed by atoms with Gasteiger partial charge in [-0.05, 0) is 46.5 Å². The predicted molar refractivity (Wildman–Crippen MR) is 85.6 cm³/mol. The minimum atomic E-state index is -0.0891. The molecule has 0 aliphatic heterocycles. The quantitative estimate of drug-likeness (QED) is 0.692. The molecule has 0 saturated heterocycles. The molecular formula is C13H10IN3OS. The summed E-state index contributed by atoms with van der Waals surface area (Å²) in [5, 5.41) is 2.00. The molecule has 96 valence electrons. The molecule has 3 aromatic rings. The van der Waals surface area contributed by atoms with Crippen LogP contribution in [0.3, 0.4) is 0 Å². The first kappa shape index (κ1) is 12.7. The van der Waals surface area contributed by atoms with Gasteiger partial charge in [-0.15, -0.1) is 11.3 Å². The van der Waals surface area contributed by atoms with Crippen molar-refractivity contribution in [2.24, 2.45) is 0 Å². The maximum absolute atomic E-state index is 11.9.